The molecule has 2 heterocycles. The Morgan fingerprint density at radius 3 is 2.83 bits per heavy atom. The van der Waals surface area contributed by atoms with E-state index in [1.165, 1.54) is 11.8 Å². The van der Waals surface area contributed by atoms with Gasteiger partial charge in [-0.3, -0.25) is 14.6 Å². The lowest BCUT2D eigenvalue weighted by Crippen LogP contribution is -2.23. The highest BCUT2D eigenvalue weighted by Gasteiger charge is 2.28. The number of ether oxygens (including phenoxy) is 1. The van der Waals surface area contributed by atoms with E-state index in [1.54, 1.807) is 6.92 Å². The Hall–Kier alpha value is -2.48. The number of aromatic nitrogens is 4. The molecular weight excluding hydrogens is 310 g/mol. The lowest BCUT2D eigenvalue weighted by molar-refractivity contribution is -0.119. The molecule has 8 nitrogen and oxygen atoms in total. The topological polar surface area (TPSA) is 102 Å². The molecule has 1 fully saturated rings. The molecule has 0 radical (unpaired) electrons. The van der Waals surface area contributed by atoms with Gasteiger partial charge in [0.05, 0.1) is 5.69 Å². The number of aromatic amines is 1. The molecule has 1 amide bonds. The fourth-order valence-electron chi connectivity index (χ4n) is 2.65. The van der Waals surface area contributed by atoms with Gasteiger partial charge in [0, 0.05) is 30.4 Å². The number of aryl methyl sites for hydroxylation is 1. The van der Waals surface area contributed by atoms with Gasteiger partial charge in [-0.25, -0.2) is 4.98 Å². The Balaban J connectivity index is 2.02. The first-order chi connectivity index (χ1) is 11.5. The highest BCUT2D eigenvalue weighted by atomic mass is 16.5. The molecule has 2 aromatic heterocycles. The Kier molecular flexibility index (Phi) is 4.48. The third-order valence-corrected chi connectivity index (χ3v) is 4.03. The first-order valence-corrected chi connectivity index (χ1v) is 8.02. The van der Waals surface area contributed by atoms with Crippen LogP contribution in [0.15, 0.2) is 10.9 Å². The first-order valence-electron chi connectivity index (χ1n) is 8.02. The summed E-state index contributed by atoms with van der Waals surface area (Å²) >= 11 is 0. The smallest absolute Gasteiger partial charge is 0.255 e. The van der Waals surface area contributed by atoms with Gasteiger partial charge in [-0.15, -0.1) is 0 Å². The van der Waals surface area contributed by atoms with Crippen LogP contribution in [-0.4, -0.2) is 39.4 Å². The van der Waals surface area contributed by atoms with E-state index in [0.717, 1.165) is 18.5 Å². The number of hydrogen-bond acceptors (Lipinski definition) is 5. The summed E-state index contributed by atoms with van der Waals surface area (Å²) in [5, 5.41) is 7.28. The first kappa shape index (κ1) is 16.4. The largest absolute Gasteiger partial charge is 0.375 e. The summed E-state index contributed by atoms with van der Waals surface area (Å²) in [4.78, 5) is 31.3. The van der Waals surface area contributed by atoms with Crippen molar-refractivity contribution in [1.82, 2.24) is 19.7 Å². The quantitative estimate of drug-likeness (QED) is 0.830. The number of hydrogen-bond donors (Lipinski definition) is 2. The minimum Gasteiger partial charge on any atom is -0.375 e. The number of nitrogens with zero attached hydrogens (tertiary/aromatic N) is 3. The third kappa shape index (κ3) is 3.23. The summed E-state index contributed by atoms with van der Waals surface area (Å²) in [6.45, 7) is 3.65. The van der Waals surface area contributed by atoms with Gasteiger partial charge in [0.1, 0.15) is 12.4 Å². The van der Waals surface area contributed by atoms with Crippen molar-refractivity contribution in [2.45, 2.75) is 39.0 Å². The Morgan fingerprint density at radius 2 is 2.25 bits per heavy atom. The van der Waals surface area contributed by atoms with Gasteiger partial charge < -0.3 is 10.1 Å². The van der Waals surface area contributed by atoms with Gasteiger partial charge >= 0.3 is 0 Å². The van der Waals surface area contributed by atoms with Crippen molar-refractivity contribution in [2.24, 2.45) is 0 Å². The molecule has 1 aliphatic carbocycles. The monoisotopic (exact) mass is 331 g/mol. The number of amides is 1. The predicted octanol–water partition coefficient (Wildman–Crippen LogP) is 1.29. The molecule has 0 atom stereocenters. The van der Waals surface area contributed by atoms with Crippen LogP contribution in [0.4, 0.5) is 5.82 Å². The lowest BCUT2D eigenvalue weighted by Gasteiger charge is -2.09. The van der Waals surface area contributed by atoms with Crippen LogP contribution in [0.25, 0.3) is 5.95 Å². The third-order valence-electron chi connectivity index (χ3n) is 4.03. The molecule has 1 saturated carbocycles. The number of anilines is 1. The van der Waals surface area contributed by atoms with E-state index in [1.807, 2.05) is 13.0 Å². The van der Waals surface area contributed by atoms with Crippen LogP contribution in [0.1, 0.15) is 42.6 Å². The average Bonchev–Trinajstić information content (AvgIpc) is 3.29. The van der Waals surface area contributed by atoms with E-state index in [-0.39, 0.29) is 18.1 Å². The summed E-state index contributed by atoms with van der Waals surface area (Å²) in [5.74, 6) is 0.900. The average molecular weight is 331 g/mol. The van der Waals surface area contributed by atoms with Crippen molar-refractivity contribution < 1.29 is 9.53 Å². The molecule has 0 aromatic carbocycles. The normalized spacial score (nSPS) is 14.0. The molecule has 0 spiro atoms. The van der Waals surface area contributed by atoms with Gasteiger partial charge in [-0.1, -0.05) is 6.92 Å². The SMILES string of the molecule is CCc1c(C)nc(-n2nc(C3CC3)cc2NC(=O)COC)[nH]c1=O. The highest BCUT2D eigenvalue weighted by Crippen LogP contribution is 2.40. The summed E-state index contributed by atoms with van der Waals surface area (Å²) < 4.78 is 6.32. The number of carbonyl (C=O) groups excluding carboxylic acids is 1. The summed E-state index contributed by atoms with van der Waals surface area (Å²) in [5.41, 5.74) is 2.02. The van der Waals surface area contributed by atoms with Crippen LogP contribution >= 0.6 is 0 Å². The molecule has 2 N–H and O–H groups in total. The minimum absolute atomic E-state index is 0.0539. The van der Waals surface area contributed by atoms with Crippen LogP contribution in [0.5, 0.6) is 0 Å². The predicted molar refractivity (Wildman–Crippen MR) is 88.6 cm³/mol. The van der Waals surface area contributed by atoms with E-state index < -0.39 is 0 Å². The fraction of sp³-hybridized carbons (Fsp3) is 0.500. The van der Waals surface area contributed by atoms with Crippen molar-refractivity contribution in [3.63, 3.8) is 0 Å². The second-order valence-electron chi connectivity index (χ2n) is 5.93. The van der Waals surface area contributed by atoms with Crippen LogP contribution < -0.4 is 10.9 Å². The molecule has 128 valence electrons. The molecule has 8 heteroatoms. The number of rotatable bonds is 6. The van der Waals surface area contributed by atoms with Crippen molar-refractivity contribution in [3.05, 3.63) is 33.4 Å². The molecule has 0 bridgehead atoms. The Morgan fingerprint density at radius 1 is 1.50 bits per heavy atom. The molecular formula is C16H21N5O3. The van der Waals surface area contributed by atoms with Gasteiger partial charge in [0.25, 0.3) is 11.5 Å². The van der Waals surface area contributed by atoms with E-state index in [2.05, 4.69) is 20.4 Å². The Labute approximate surface area is 139 Å². The van der Waals surface area contributed by atoms with E-state index in [9.17, 15) is 9.59 Å². The highest BCUT2D eigenvalue weighted by molar-refractivity contribution is 5.91. The zero-order valence-corrected chi connectivity index (χ0v) is 14.0. The molecule has 3 rings (SSSR count). The van der Waals surface area contributed by atoms with Crippen molar-refractivity contribution in [2.75, 3.05) is 19.0 Å². The molecule has 0 aliphatic heterocycles. The number of H-pyrrole nitrogens is 1. The molecule has 0 unspecified atom stereocenters. The van der Waals surface area contributed by atoms with Crippen molar-refractivity contribution >= 4 is 11.7 Å². The molecule has 0 saturated heterocycles. The van der Waals surface area contributed by atoms with Gasteiger partial charge in [-0.2, -0.15) is 9.78 Å². The van der Waals surface area contributed by atoms with Crippen LogP contribution in [0, 0.1) is 6.92 Å². The van der Waals surface area contributed by atoms with Crippen LogP contribution in [0.2, 0.25) is 0 Å². The van der Waals surface area contributed by atoms with Crippen LogP contribution in [-0.2, 0) is 16.0 Å². The lowest BCUT2D eigenvalue weighted by atomic mass is 10.2. The van der Waals surface area contributed by atoms with Crippen molar-refractivity contribution in [1.29, 1.82) is 0 Å². The summed E-state index contributed by atoms with van der Waals surface area (Å²) in [6, 6.07) is 1.83. The standard InChI is InChI=1S/C16H21N5O3/c1-4-11-9(2)17-16(19-15(11)23)21-13(18-14(22)8-24-3)7-12(20-21)10-5-6-10/h7,10H,4-6,8H2,1-3H3,(H,18,22)(H,17,19,23). The fourth-order valence-corrected chi connectivity index (χ4v) is 2.65. The summed E-state index contributed by atoms with van der Waals surface area (Å²) in [6.07, 6.45) is 2.78. The molecule has 24 heavy (non-hydrogen) atoms. The van der Waals surface area contributed by atoms with Crippen LogP contribution in [0.3, 0.4) is 0 Å². The summed E-state index contributed by atoms with van der Waals surface area (Å²) in [7, 11) is 1.46. The maximum atomic E-state index is 12.2. The number of methoxy groups -OCH3 is 1. The second kappa shape index (κ2) is 6.56. The van der Waals surface area contributed by atoms with E-state index in [0.29, 0.717) is 35.4 Å². The molecule has 1 aliphatic rings. The Bertz CT molecular complexity index is 820. The second-order valence-corrected chi connectivity index (χ2v) is 5.93. The van der Waals surface area contributed by atoms with E-state index in [4.69, 9.17) is 4.74 Å². The van der Waals surface area contributed by atoms with Gasteiger partial charge in [0.15, 0.2) is 0 Å². The molecule has 2 aromatic rings. The maximum absolute atomic E-state index is 12.2. The van der Waals surface area contributed by atoms with E-state index >= 15 is 0 Å². The zero-order chi connectivity index (χ0) is 17.3. The number of nitrogens with one attached hydrogen (secondary N) is 2. The van der Waals surface area contributed by atoms with Gasteiger partial charge in [0.2, 0.25) is 5.95 Å². The minimum atomic E-state index is -0.287. The number of carbonyl (C=O) groups is 1. The zero-order valence-electron chi connectivity index (χ0n) is 14.0. The van der Waals surface area contributed by atoms with Gasteiger partial charge in [-0.05, 0) is 26.2 Å². The van der Waals surface area contributed by atoms with Crippen molar-refractivity contribution in [3.8, 4) is 5.95 Å². The maximum Gasteiger partial charge on any atom is 0.255 e.